The Morgan fingerprint density at radius 3 is 2.46 bits per heavy atom. The first-order valence-electron chi connectivity index (χ1n) is 8.96. The third kappa shape index (κ3) is 5.43. The number of benzene rings is 2. The van der Waals surface area contributed by atoms with Crippen molar-refractivity contribution in [3.05, 3.63) is 63.7 Å². The molecule has 28 heavy (non-hydrogen) atoms. The van der Waals surface area contributed by atoms with Crippen LogP contribution in [0.3, 0.4) is 0 Å². The Balaban J connectivity index is 2.17. The number of nitro benzene ring substituents is 1. The van der Waals surface area contributed by atoms with E-state index in [1.54, 1.807) is 20.3 Å². The van der Waals surface area contributed by atoms with E-state index >= 15 is 0 Å². The van der Waals surface area contributed by atoms with Crippen LogP contribution < -0.4 is 15.4 Å². The Bertz CT molecular complexity index is 808. The van der Waals surface area contributed by atoms with Gasteiger partial charge in [-0.25, -0.2) is 0 Å². The third-order valence-electron chi connectivity index (χ3n) is 4.31. The minimum Gasteiger partial charge on any atom is -0.497 e. The first-order valence-corrected chi connectivity index (χ1v) is 8.96. The van der Waals surface area contributed by atoms with Crippen LogP contribution in [-0.4, -0.2) is 38.2 Å². The number of anilines is 1. The lowest BCUT2D eigenvalue weighted by atomic mass is 10.0. The van der Waals surface area contributed by atoms with Crippen LogP contribution in [-0.2, 0) is 4.74 Å². The van der Waals surface area contributed by atoms with Crippen LogP contribution in [0.2, 0.25) is 0 Å². The molecule has 0 fully saturated rings. The Morgan fingerprint density at radius 2 is 1.89 bits per heavy atom. The van der Waals surface area contributed by atoms with E-state index in [1.807, 2.05) is 31.2 Å². The molecule has 2 rings (SSSR count). The van der Waals surface area contributed by atoms with Gasteiger partial charge in [-0.05, 0) is 36.2 Å². The van der Waals surface area contributed by atoms with Crippen LogP contribution in [0.4, 0.5) is 11.4 Å². The third-order valence-corrected chi connectivity index (χ3v) is 4.31. The molecule has 0 spiro atoms. The second-order valence-corrected chi connectivity index (χ2v) is 6.12. The molecule has 0 aliphatic rings. The van der Waals surface area contributed by atoms with Crippen LogP contribution in [0.15, 0.2) is 42.5 Å². The van der Waals surface area contributed by atoms with Gasteiger partial charge in [-0.1, -0.05) is 19.1 Å². The molecule has 0 bridgehead atoms. The van der Waals surface area contributed by atoms with E-state index in [1.165, 1.54) is 12.1 Å². The van der Waals surface area contributed by atoms with E-state index in [0.717, 1.165) is 11.3 Å². The summed E-state index contributed by atoms with van der Waals surface area (Å²) in [5.74, 6) is 0.367. The molecule has 0 saturated carbocycles. The number of nitrogens with zero attached hydrogens (tertiary/aromatic N) is 1. The molecule has 8 heteroatoms. The molecule has 0 saturated heterocycles. The van der Waals surface area contributed by atoms with Crippen molar-refractivity contribution >= 4 is 17.3 Å². The zero-order valence-corrected chi connectivity index (χ0v) is 16.2. The Labute approximate surface area is 164 Å². The number of nitro groups is 1. The molecule has 2 aromatic rings. The molecular formula is C20H25N3O5. The fraction of sp³-hybridized carbons (Fsp3) is 0.350. The van der Waals surface area contributed by atoms with Crippen molar-refractivity contribution in [2.45, 2.75) is 19.4 Å². The van der Waals surface area contributed by atoms with E-state index < -0.39 is 4.92 Å². The van der Waals surface area contributed by atoms with Crippen molar-refractivity contribution in [2.75, 3.05) is 32.7 Å². The first-order chi connectivity index (χ1) is 13.5. The molecular weight excluding hydrogens is 362 g/mol. The fourth-order valence-electron chi connectivity index (χ4n) is 2.76. The van der Waals surface area contributed by atoms with E-state index in [-0.39, 0.29) is 23.2 Å². The van der Waals surface area contributed by atoms with Crippen molar-refractivity contribution in [3.8, 4) is 5.75 Å². The summed E-state index contributed by atoms with van der Waals surface area (Å²) in [6.07, 6.45) is 0.677. The predicted molar refractivity (Wildman–Crippen MR) is 107 cm³/mol. The first kappa shape index (κ1) is 21.2. The van der Waals surface area contributed by atoms with Crippen molar-refractivity contribution in [1.82, 2.24) is 5.32 Å². The van der Waals surface area contributed by atoms with Gasteiger partial charge in [0.05, 0.1) is 24.7 Å². The standard InChI is InChI=1S/C20H25N3O5/c1-4-17(14-5-8-16(28-3)9-6-14)22-20(24)15-7-10-18(21-11-12-27-2)19(13-15)23(25)26/h5-10,13,17,21H,4,11-12H2,1-3H3,(H,22,24). The maximum absolute atomic E-state index is 12.7. The molecule has 1 amide bonds. The summed E-state index contributed by atoms with van der Waals surface area (Å²) in [6, 6.07) is 11.6. The maximum Gasteiger partial charge on any atom is 0.293 e. The summed E-state index contributed by atoms with van der Waals surface area (Å²) in [7, 11) is 3.14. The summed E-state index contributed by atoms with van der Waals surface area (Å²) >= 11 is 0. The molecule has 150 valence electrons. The lowest BCUT2D eigenvalue weighted by Gasteiger charge is -2.18. The highest BCUT2D eigenvalue weighted by Gasteiger charge is 2.19. The molecule has 2 aromatic carbocycles. The zero-order valence-electron chi connectivity index (χ0n) is 16.2. The van der Waals surface area contributed by atoms with Crippen LogP contribution in [0, 0.1) is 10.1 Å². The predicted octanol–water partition coefficient (Wildman–Crippen LogP) is 3.54. The monoisotopic (exact) mass is 387 g/mol. The van der Waals surface area contributed by atoms with Gasteiger partial charge in [0.25, 0.3) is 11.6 Å². The molecule has 1 unspecified atom stereocenters. The van der Waals surface area contributed by atoms with E-state index in [4.69, 9.17) is 9.47 Å². The topological polar surface area (TPSA) is 103 Å². The molecule has 0 radical (unpaired) electrons. The quantitative estimate of drug-likeness (QED) is 0.367. The van der Waals surface area contributed by atoms with Crippen LogP contribution in [0.5, 0.6) is 5.75 Å². The molecule has 2 N–H and O–H groups in total. The van der Waals surface area contributed by atoms with Crippen molar-refractivity contribution in [2.24, 2.45) is 0 Å². The van der Waals surface area contributed by atoms with Gasteiger partial charge in [-0.15, -0.1) is 0 Å². The number of carbonyl (C=O) groups excluding carboxylic acids is 1. The van der Waals surface area contributed by atoms with Gasteiger partial charge in [0, 0.05) is 25.3 Å². The largest absolute Gasteiger partial charge is 0.497 e. The number of nitrogens with one attached hydrogen (secondary N) is 2. The van der Waals surface area contributed by atoms with Crippen LogP contribution in [0.1, 0.15) is 35.3 Å². The smallest absolute Gasteiger partial charge is 0.293 e. The van der Waals surface area contributed by atoms with Gasteiger partial charge >= 0.3 is 0 Å². The van der Waals surface area contributed by atoms with Gasteiger partial charge in [0.2, 0.25) is 0 Å². The second-order valence-electron chi connectivity index (χ2n) is 6.12. The summed E-state index contributed by atoms with van der Waals surface area (Å²) in [4.78, 5) is 23.5. The van der Waals surface area contributed by atoms with Gasteiger partial charge in [-0.2, -0.15) is 0 Å². The fourth-order valence-corrected chi connectivity index (χ4v) is 2.76. The number of hydrogen-bond donors (Lipinski definition) is 2. The number of hydrogen-bond acceptors (Lipinski definition) is 6. The molecule has 0 aliphatic carbocycles. The lowest BCUT2D eigenvalue weighted by Crippen LogP contribution is -2.28. The Hall–Kier alpha value is -3.13. The lowest BCUT2D eigenvalue weighted by molar-refractivity contribution is -0.384. The summed E-state index contributed by atoms with van der Waals surface area (Å²) < 4.78 is 10.1. The zero-order chi connectivity index (χ0) is 20.5. The maximum atomic E-state index is 12.7. The average molecular weight is 387 g/mol. The van der Waals surface area contributed by atoms with Gasteiger partial charge in [0.15, 0.2) is 0 Å². The van der Waals surface area contributed by atoms with E-state index in [0.29, 0.717) is 25.3 Å². The minimum atomic E-state index is -0.507. The molecule has 8 nitrogen and oxygen atoms in total. The normalized spacial score (nSPS) is 11.5. The van der Waals surface area contributed by atoms with Crippen molar-refractivity contribution in [3.63, 3.8) is 0 Å². The highest BCUT2D eigenvalue weighted by molar-refractivity contribution is 5.96. The van der Waals surface area contributed by atoms with E-state index in [2.05, 4.69) is 10.6 Å². The van der Waals surface area contributed by atoms with Crippen LogP contribution in [0.25, 0.3) is 0 Å². The SMILES string of the molecule is CCC(NC(=O)c1ccc(NCCOC)c([N+](=O)[O-])c1)c1ccc(OC)cc1. The van der Waals surface area contributed by atoms with E-state index in [9.17, 15) is 14.9 Å². The van der Waals surface area contributed by atoms with Crippen molar-refractivity contribution in [1.29, 1.82) is 0 Å². The summed E-state index contributed by atoms with van der Waals surface area (Å²) in [5.41, 5.74) is 1.36. The summed E-state index contributed by atoms with van der Waals surface area (Å²) in [5, 5.41) is 17.3. The summed E-state index contributed by atoms with van der Waals surface area (Å²) in [6.45, 7) is 2.80. The molecule has 0 heterocycles. The van der Waals surface area contributed by atoms with Crippen LogP contribution >= 0.6 is 0 Å². The number of ether oxygens (including phenoxy) is 2. The number of methoxy groups -OCH3 is 2. The second kappa shape index (κ2) is 10.3. The molecule has 1 atom stereocenters. The highest BCUT2D eigenvalue weighted by Crippen LogP contribution is 2.26. The highest BCUT2D eigenvalue weighted by atomic mass is 16.6. The number of rotatable bonds is 10. The average Bonchev–Trinajstić information content (AvgIpc) is 2.72. The number of amides is 1. The van der Waals surface area contributed by atoms with Crippen molar-refractivity contribution < 1.29 is 19.2 Å². The van der Waals surface area contributed by atoms with Gasteiger partial charge in [0.1, 0.15) is 11.4 Å². The number of carbonyl (C=O) groups is 1. The van der Waals surface area contributed by atoms with Gasteiger partial charge in [-0.3, -0.25) is 14.9 Å². The minimum absolute atomic E-state index is 0.152. The Morgan fingerprint density at radius 1 is 1.18 bits per heavy atom. The Kier molecular flexibility index (Phi) is 7.76. The molecule has 0 aromatic heterocycles. The molecule has 0 aliphatic heterocycles. The van der Waals surface area contributed by atoms with Gasteiger partial charge < -0.3 is 20.1 Å².